The second-order valence-corrected chi connectivity index (χ2v) is 8.10. The van der Waals surface area contributed by atoms with Gasteiger partial charge in [0.05, 0.1) is 5.75 Å². The molecule has 1 heterocycles. The van der Waals surface area contributed by atoms with Gasteiger partial charge in [0.2, 0.25) is 11.1 Å². The quantitative estimate of drug-likeness (QED) is 0.315. The number of carbonyl (C=O) groups excluding carboxylic acids is 1. The average Bonchev–Trinajstić information content (AvgIpc) is 2.97. The van der Waals surface area contributed by atoms with Gasteiger partial charge in [-0.2, -0.15) is 0 Å². The first kappa shape index (κ1) is 19.0. The standard InChI is InChI=1S/C17H15ClIN5OS/c1-10-8-13(19)6-7-14(10)21-15(25)9-26-17-23-22-16(24(17)20)11-2-4-12(18)5-3-11/h2-8H,9,20H2,1H3,(H,21,25). The number of nitrogens with zero attached hydrogens (tertiary/aromatic N) is 3. The molecule has 9 heteroatoms. The van der Waals surface area contributed by atoms with Crippen LogP contribution in [0, 0.1) is 10.5 Å². The van der Waals surface area contributed by atoms with Crippen LogP contribution in [0.4, 0.5) is 5.69 Å². The molecule has 0 unspecified atom stereocenters. The van der Waals surface area contributed by atoms with Crippen LogP contribution >= 0.6 is 46.0 Å². The maximum absolute atomic E-state index is 12.2. The second-order valence-electron chi connectivity index (χ2n) is 5.48. The number of nitrogen functional groups attached to an aromatic ring is 1. The van der Waals surface area contributed by atoms with Gasteiger partial charge < -0.3 is 11.2 Å². The van der Waals surface area contributed by atoms with Crippen LogP contribution in [0.1, 0.15) is 5.56 Å². The van der Waals surface area contributed by atoms with Crippen molar-refractivity contribution in [2.75, 3.05) is 16.9 Å². The number of benzene rings is 2. The number of amides is 1. The zero-order valence-corrected chi connectivity index (χ0v) is 17.5. The number of hydrogen-bond donors (Lipinski definition) is 2. The van der Waals surface area contributed by atoms with E-state index in [-0.39, 0.29) is 11.7 Å². The van der Waals surface area contributed by atoms with Gasteiger partial charge in [0.25, 0.3) is 0 Å². The highest BCUT2D eigenvalue weighted by Crippen LogP contribution is 2.23. The maximum atomic E-state index is 12.2. The van der Waals surface area contributed by atoms with Crippen molar-refractivity contribution in [3.8, 4) is 11.4 Å². The molecule has 0 atom stereocenters. The molecule has 0 saturated carbocycles. The lowest BCUT2D eigenvalue weighted by atomic mass is 10.2. The summed E-state index contributed by atoms with van der Waals surface area (Å²) >= 11 is 9.36. The highest BCUT2D eigenvalue weighted by atomic mass is 127. The van der Waals surface area contributed by atoms with Crippen LogP contribution in [-0.2, 0) is 4.79 Å². The van der Waals surface area contributed by atoms with Gasteiger partial charge >= 0.3 is 0 Å². The Bertz CT molecular complexity index is 945. The molecule has 0 saturated heterocycles. The lowest BCUT2D eigenvalue weighted by Gasteiger charge is -2.08. The van der Waals surface area contributed by atoms with Crippen LogP contribution in [-0.4, -0.2) is 26.5 Å². The fraction of sp³-hybridized carbons (Fsp3) is 0.118. The molecule has 0 fully saturated rings. The van der Waals surface area contributed by atoms with Crippen molar-refractivity contribution in [3.63, 3.8) is 0 Å². The van der Waals surface area contributed by atoms with Gasteiger partial charge in [0.15, 0.2) is 5.82 Å². The van der Waals surface area contributed by atoms with Crippen LogP contribution in [0.15, 0.2) is 47.6 Å². The minimum atomic E-state index is -0.129. The zero-order valence-electron chi connectivity index (χ0n) is 13.7. The Morgan fingerprint density at radius 1 is 1.27 bits per heavy atom. The van der Waals surface area contributed by atoms with Crippen LogP contribution in [0.3, 0.4) is 0 Å². The summed E-state index contributed by atoms with van der Waals surface area (Å²) in [6.45, 7) is 1.96. The molecule has 6 nitrogen and oxygen atoms in total. The van der Waals surface area contributed by atoms with E-state index in [2.05, 4.69) is 38.1 Å². The smallest absolute Gasteiger partial charge is 0.234 e. The summed E-state index contributed by atoms with van der Waals surface area (Å²) in [6.07, 6.45) is 0. The van der Waals surface area contributed by atoms with E-state index in [1.165, 1.54) is 16.4 Å². The van der Waals surface area contributed by atoms with Crippen LogP contribution in [0.5, 0.6) is 0 Å². The van der Waals surface area contributed by atoms with E-state index in [0.29, 0.717) is 16.0 Å². The molecule has 0 aliphatic carbocycles. The van der Waals surface area contributed by atoms with Crippen LogP contribution in [0.25, 0.3) is 11.4 Å². The number of rotatable bonds is 5. The monoisotopic (exact) mass is 499 g/mol. The van der Waals surface area contributed by atoms with Crippen LogP contribution < -0.4 is 11.2 Å². The summed E-state index contributed by atoms with van der Waals surface area (Å²) in [5.41, 5.74) is 2.62. The predicted octanol–water partition coefficient (Wildman–Crippen LogP) is 3.96. The highest BCUT2D eigenvalue weighted by Gasteiger charge is 2.14. The van der Waals surface area contributed by atoms with E-state index in [1.807, 2.05) is 37.3 Å². The van der Waals surface area contributed by atoms with Gasteiger partial charge in [0.1, 0.15) is 0 Å². The molecule has 3 rings (SSSR count). The predicted molar refractivity (Wildman–Crippen MR) is 114 cm³/mol. The van der Waals surface area contributed by atoms with Gasteiger partial charge in [-0.3, -0.25) is 4.79 Å². The number of carbonyl (C=O) groups is 1. The molecular formula is C17H15ClIN5OS. The van der Waals surface area contributed by atoms with Crippen molar-refractivity contribution in [2.24, 2.45) is 0 Å². The fourth-order valence-electron chi connectivity index (χ4n) is 2.26. The Kier molecular flexibility index (Phi) is 6.05. The van der Waals surface area contributed by atoms with Crippen molar-refractivity contribution in [3.05, 3.63) is 56.6 Å². The lowest BCUT2D eigenvalue weighted by Crippen LogP contribution is -2.17. The summed E-state index contributed by atoms with van der Waals surface area (Å²) in [6, 6.07) is 13.0. The molecule has 0 aliphatic heterocycles. The third-order valence-corrected chi connectivity index (χ3v) is 5.43. The number of aryl methyl sites for hydroxylation is 1. The molecule has 0 spiro atoms. The van der Waals surface area contributed by atoms with Crippen molar-refractivity contribution >= 4 is 57.5 Å². The van der Waals surface area contributed by atoms with Gasteiger partial charge in [-0.1, -0.05) is 23.4 Å². The number of aromatic nitrogens is 3. The lowest BCUT2D eigenvalue weighted by molar-refractivity contribution is -0.113. The Hall–Kier alpha value is -1.78. The molecule has 0 radical (unpaired) electrons. The Morgan fingerprint density at radius 2 is 2.00 bits per heavy atom. The number of thioether (sulfide) groups is 1. The Balaban J connectivity index is 1.64. The first-order valence-corrected chi connectivity index (χ1v) is 10.0. The SMILES string of the molecule is Cc1cc(I)ccc1NC(=O)CSc1nnc(-c2ccc(Cl)cc2)n1N. The van der Waals surface area contributed by atoms with Crippen LogP contribution in [0.2, 0.25) is 5.02 Å². The molecular weight excluding hydrogens is 485 g/mol. The molecule has 1 amide bonds. The van der Waals surface area contributed by atoms with E-state index in [4.69, 9.17) is 17.4 Å². The third-order valence-electron chi connectivity index (χ3n) is 3.56. The largest absolute Gasteiger partial charge is 0.335 e. The highest BCUT2D eigenvalue weighted by molar-refractivity contribution is 14.1. The normalized spacial score (nSPS) is 10.7. The Morgan fingerprint density at radius 3 is 2.69 bits per heavy atom. The van der Waals surface area contributed by atoms with Crippen molar-refractivity contribution in [1.82, 2.24) is 14.9 Å². The van der Waals surface area contributed by atoms with E-state index in [9.17, 15) is 4.79 Å². The zero-order chi connectivity index (χ0) is 18.7. The second kappa shape index (κ2) is 8.28. The Labute approximate surface area is 173 Å². The molecule has 26 heavy (non-hydrogen) atoms. The average molecular weight is 500 g/mol. The van der Waals surface area contributed by atoms with Crippen molar-refractivity contribution in [1.29, 1.82) is 0 Å². The van der Waals surface area contributed by atoms with Gasteiger partial charge in [-0.25, -0.2) is 4.68 Å². The summed E-state index contributed by atoms with van der Waals surface area (Å²) in [5, 5.41) is 12.1. The van der Waals surface area contributed by atoms with Gasteiger partial charge in [-0.15, -0.1) is 10.2 Å². The minimum absolute atomic E-state index is 0.129. The first-order valence-electron chi connectivity index (χ1n) is 7.59. The fourth-order valence-corrected chi connectivity index (χ4v) is 3.68. The summed E-state index contributed by atoms with van der Waals surface area (Å²) in [5.74, 6) is 6.62. The van der Waals surface area contributed by atoms with Crippen molar-refractivity contribution < 1.29 is 4.79 Å². The summed E-state index contributed by atoms with van der Waals surface area (Å²) < 4.78 is 2.50. The number of nitrogens with one attached hydrogen (secondary N) is 1. The first-order chi connectivity index (χ1) is 12.4. The third kappa shape index (κ3) is 4.49. The molecule has 0 aliphatic rings. The van der Waals surface area contributed by atoms with Gasteiger partial charge in [-0.05, 0) is 77.5 Å². The molecule has 3 aromatic rings. The maximum Gasteiger partial charge on any atom is 0.234 e. The van der Waals surface area contributed by atoms with Crippen molar-refractivity contribution in [2.45, 2.75) is 12.1 Å². The molecule has 2 aromatic carbocycles. The van der Waals surface area contributed by atoms with E-state index < -0.39 is 0 Å². The molecule has 1 aromatic heterocycles. The minimum Gasteiger partial charge on any atom is -0.335 e. The number of hydrogen-bond acceptors (Lipinski definition) is 5. The van der Waals surface area contributed by atoms with Gasteiger partial charge in [0, 0.05) is 19.8 Å². The molecule has 134 valence electrons. The van der Waals surface area contributed by atoms with E-state index >= 15 is 0 Å². The molecule has 0 bridgehead atoms. The number of anilines is 1. The topological polar surface area (TPSA) is 85.8 Å². The molecule has 3 N–H and O–H groups in total. The van der Waals surface area contributed by atoms with E-state index in [1.54, 1.807) is 12.1 Å². The van der Waals surface area contributed by atoms with E-state index in [0.717, 1.165) is 20.4 Å². The number of halogens is 2. The number of nitrogens with two attached hydrogens (primary N) is 1. The summed E-state index contributed by atoms with van der Waals surface area (Å²) in [7, 11) is 0. The summed E-state index contributed by atoms with van der Waals surface area (Å²) in [4.78, 5) is 12.2.